The van der Waals surface area contributed by atoms with E-state index in [1.54, 1.807) is 6.21 Å². The van der Waals surface area contributed by atoms with Gasteiger partial charge in [-0.15, -0.1) is 0 Å². The van der Waals surface area contributed by atoms with Gasteiger partial charge in [0.05, 0.1) is 21.3 Å². The maximum atomic E-state index is 12.2. The number of ether oxygens (including phenoxy) is 1. The molecule has 4 rings (SSSR count). The van der Waals surface area contributed by atoms with Gasteiger partial charge in [0.2, 0.25) is 0 Å². The molecule has 7 nitrogen and oxygen atoms in total. The lowest BCUT2D eigenvalue weighted by atomic mass is 10.1. The Bertz CT molecular complexity index is 1320. The molecule has 1 aliphatic heterocycles. The average Bonchev–Trinajstić information content (AvgIpc) is 2.89. The molecule has 0 atom stereocenters. The van der Waals surface area contributed by atoms with Crippen molar-refractivity contribution >= 4 is 52.6 Å². The molecule has 0 aromatic heterocycles. The topological polar surface area (TPSA) is 77.4 Å². The molecule has 0 radical (unpaired) electrons. The third-order valence-electron chi connectivity index (χ3n) is 6.37. The van der Waals surface area contributed by atoms with Crippen LogP contribution in [0.25, 0.3) is 0 Å². The van der Waals surface area contributed by atoms with Gasteiger partial charge in [0.25, 0.3) is 5.91 Å². The fraction of sp³-hybridized carbons (Fsp3) is 0.286. The number of phenols is 1. The highest BCUT2D eigenvalue weighted by atomic mass is 35.5. The Hall–Kier alpha value is -2.97. The zero-order valence-electron chi connectivity index (χ0n) is 21.2. The van der Waals surface area contributed by atoms with Crippen LogP contribution in [0.4, 0.5) is 5.69 Å². The lowest BCUT2D eigenvalue weighted by Gasteiger charge is -2.36. The molecule has 1 fully saturated rings. The van der Waals surface area contributed by atoms with E-state index in [2.05, 4.69) is 20.3 Å². The summed E-state index contributed by atoms with van der Waals surface area (Å²) in [7, 11) is 0. The molecule has 2 N–H and O–H groups in total. The SMILES string of the molecule is Cc1cc(/C=N/NC(=O)c2ccc(O)c(Cl)c2)cc(C)c1OCCN1CCN(c2ccc(Cl)c(Cl)c2)CC1. The molecule has 3 aromatic rings. The second-order valence-corrected chi connectivity index (χ2v) is 10.3. The van der Waals surface area contributed by atoms with Crippen LogP contribution in [0.1, 0.15) is 27.0 Å². The fourth-order valence-electron chi connectivity index (χ4n) is 4.35. The van der Waals surface area contributed by atoms with E-state index >= 15 is 0 Å². The predicted molar refractivity (Wildman–Crippen MR) is 155 cm³/mol. The fourth-order valence-corrected chi connectivity index (χ4v) is 4.83. The van der Waals surface area contributed by atoms with Gasteiger partial charge in [-0.25, -0.2) is 5.43 Å². The van der Waals surface area contributed by atoms with Gasteiger partial charge in [-0.2, -0.15) is 5.10 Å². The molecule has 0 spiro atoms. The summed E-state index contributed by atoms with van der Waals surface area (Å²) < 4.78 is 6.15. The van der Waals surface area contributed by atoms with Crippen molar-refractivity contribution in [2.75, 3.05) is 44.2 Å². The van der Waals surface area contributed by atoms with Crippen molar-refractivity contribution in [1.29, 1.82) is 0 Å². The van der Waals surface area contributed by atoms with Crippen molar-refractivity contribution in [3.63, 3.8) is 0 Å². The number of phenolic OH excluding ortho intramolecular Hbond substituents is 1. The summed E-state index contributed by atoms with van der Waals surface area (Å²) in [5.41, 5.74) is 6.70. The number of amides is 1. The Morgan fingerprint density at radius 2 is 1.68 bits per heavy atom. The first-order valence-electron chi connectivity index (χ1n) is 12.2. The van der Waals surface area contributed by atoms with Crippen molar-refractivity contribution in [2.45, 2.75) is 13.8 Å². The average molecular weight is 576 g/mol. The van der Waals surface area contributed by atoms with Crippen molar-refractivity contribution in [1.82, 2.24) is 10.3 Å². The molecule has 3 aromatic carbocycles. The first kappa shape index (κ1) is 28.0. The predicted octanol–water partition coefficient (Wildman–Crippen LogP) is 5.93. The second kappa shape index (κ2) is 12.7. The maximum absolute atomic E-state index is 12.2. The summed E-state index contributed by atoms with van der Waals surface area (Å²) in [6, 6.07) is 13.9. The summed E-state index contributed by atoms with van der Waals surface area (Å²) in [6.45, 7) is 9.13. The Morgan fingerprint density at radius 1 is 0.974 bits per heavy atom. The highest BCUT2D eigenvalue weighted by Crippen LogP contribution is 2.28. The van der Waals surface area contributed by atoms with E-state index in [1.165, 1.54) is 18.2 Å². The number of nitrogens with zero attached hydrogens (tertiary/aromatic N) is 3. The summed E-state index contributed by atoms with van der Waals surface area (Å²) in [5.74, 6) is 0.358. The summed E-state index contributed by atoms with van der Waals surface area (Å²) in [6.07, 6.45) is 1.58. The smallest absolute Gasteiger partial charge is 0.271 e. The molecular formula is C28H29Cl3N4O3. The van der Waals surface area contributed by atoms with E-state index in [4.69, 9.17) is 39.5 Å². The molecule has 0 unspecified atom stereocenters. The number of rotatable bonds is 8. The molecule has 0 saturated carbocycles. The number of aromatic hydroxyl groups is 1. The minimum atomic E-state index is -0.422. The number of hydrogen-bond donors (Lipinski definition) is 2. The summed E-state index contributed by atoms with van der Waals surface area (Å²) in [4.78, 5) is 17.0. The monoisotopic (exact) mass is 574 g/mol. The first-order valence-corrected chi connectivity index (χ1v) is 13.3. The van der Waals surface area contributed by atoms with Crippen molar-refractivity contribution in [3.05, 3.63) is 85.9 Å². The normalized spacial score (nSPS) is 14.2. The summed E-state index contributed by atoms with van der Waals surface area (Å²) in [5, 5.41) is 14.8. The van der Waals surface area contributed by atoms with Crippen LogP contribution in [0, 0.1) is 13.8 Å². The third-order valence-corrected chi connectivity index (χ3v) is 7.41. The zero-order chi connectivity index (χ0) is 27.2. The van der Waals surface area contributed by atoms with Crippen LogP contribution in [-0.4, -0.2) is 61.5 Å². The molecule has 1 aliphatic rings. The largest absolute Gasteiger partial charge is 0.506 e. The number of piperazine rings is 1. The van der Waals surface area contributed by atoms with Crippen LogP contribution >= 0.6 is 34.8 Å². The number of carbonyl (C=O) groups is 1. The number of carbonyl (C=O) groups excluding carboxylic acids is 1. The molecule has 1 saturated heterocycles. The van der Waals surface area contributed by atoms with Crippen LogP contribution in [-0.2, 0) is 0 Å². The number of benzene rings is 3. The van der Waals surface area contributed by atoms with Crippen molar-refractivity contribution in [3.8, 4) is 11.5 Å². The Morgan fingerprint density at radius 3 is 2.34 bits per heavy atom. The Labute approximate surface area is 237 Å². The number of halogens is 3. The molecule has 0 aliphatic carbocycles. The van der Waals surface area contributed by atoms with E-state index in [9.17, 15) is 9.90 Å². The van der Waals surface area contributed by atoms with Gasteiger partial charge in [-0.1, -0.05) is 34.8 Å². The lowest BCUT2D eigenvalue weighted by molar-refractivity contribution is 0.0955. The van der Waals surface area contributed by atoms with E-state index in [-0.39, 0.29) is 10.8 Å². The van der Waals surface area contributed by atoms with Crippen molar-refractivity contribution in [2.24, 2.45) is 5.10 Å². The van der Waals surface area contributed by atoms with Crippen LogP contribution in [0.5, 0.6) is 11.5 Å². The van der Waals surface area contributed by atoms with E-state index in [1.807, 2.05) is 44.2 Å². The highest BCUT2D eigenvalue weighted by Gasteiger charge is 2.18. The number of anilines is 1. The zero-order valence-corrected chi connectivity index (χ0v) is 23.4. The first-order chi connectivity index (χ1) is 18.2. The van der Waals surface area contributed by atoms with Gasteiger partial charge < -0.3 is 14.7 Å². The minimum Gasteiger partial charge on any atom is -0.506 e. The quantitative estimate of drug-likeness (QED) is 0.257. The third kappa shape index (κ3) is 7.11. The second-order valence-electron chi connectivity index (χ2n) is 9.12. The van der Waals surface area contributed by atoms with Crippen LogP contribution in [0.15, 0.2) is 53.6 Å². The van der Waals surface area contributed by atoms with Crippen LogP contribution in [0.2, 0.25) is 15.1 Å². The van der Waals surface area contributed by atoms with Gasteiger partial charge >= 0.3 is 0 Å². The number of aryl methyl sites for hydroxylation is 2. The Balaban J connectivity index is 1.25. The minimum absolute atomic E-state index is 0.0811. The van der Waals surface area contributed by atoms with Gasteiger partial charge in [0.15, 0.2) is 0 Å². The number of hydrogen-bond acceptors (Lipinski definition) is 6. The molecule has 1 amide bonds. The standard InChI is InChI=1S/C28H29Cl3N4O3/c1-18-13-20(17-32-33-28(37)21-3-6-26(36)25(31)15-21)14-19(2)27(18)38-12-11-34-7-9-35(10-8-34)22-4-5-23(29)24(30)16-22/h3-6,13-17,36H,7-12H2,1-2H3,(H,33,37)/b32-17+. The molecular weight excluding hydrogens is 547 g/mol. The molecule has 1 heterocycles. The maximum Gasteiger partial charge on any atom is 0.271 e. The lowest BCUT2D eigenvalue weighted by Crippen LogP contribution is -2.47. The number of hydrazone groups is 1. The number of nitrogens with one attached hydrogen (secondary N) is 1. The van der Waals surface area contributed by atoms with Gasteiger partial charge in [-0.3, -0.25) is 9.69 Å². The van der Waals surface area contributed by atoms with E-state index in [0.29, 0.717) is 22.2 Å². The molecule has 200 valence electrons. The molecule has 38 heavy (non-hydrogen) atoms. The highest BCUT2D eigenvalue weighted by molar-refractivity contribution is 6.42. The molecule has 10 heteroatoms. The van der Waals surface area contributed by atoms with Gasteiger partial charge in [-0.05, 0) is 79.1 Å². The van der Waals surface area contributed by atoms with Gasteiger partial charge in [0, 0.05) is 44.0 Å². The molecule has 0 bridgehead atoms. The van der Waals surface area contributed by atoms with Crippen LogP contribution < -0.4 is 15.1 Å². The van der Waals surface area contributed by atoms with Crippen molar-refractivity contribution < 1.29 is 14.6 Å². The van der Waals surface area contributed by atoms with E-state index < -0.39 is 5.91 Å². The Kier molecular flexibility index (Phi) is 9.39. The van der Waals surface area contributed by atoms with Crippen LogP contribution in [0.3, 0.4) is 0 Å². The van der Waals surface area contributed by atoms with Gasteiger partial charge in [0.1, 0.15) is 18.1 Å². The van der Waals surface area contributed by atoms with E-state index in [0.717, 1.165) is 60.9 Å². The summed E-state index contributed by atoms with van der Waals surface area (Å²) >= 11 is 18.1.